The smallest absolute Gasteiger partial charge is 0.226 e. The van der Waals surface area contributed by atoms with Crippen molar-refractivity contribution in [2.75, 3.05) is 13.2 Å². The first kappa shape index (κ1) is 18.2. The Morgan fingerprint density at radius 3 is 2.70 bits per heavy atom. The average molecular weight is 339 g/mol. The van der Waals surface area contributed by atoms with Crippen LogP contribution in [0.1, 0.15) is 44.3 Å². The number of carbonyl (C=O) groups is 1. The van der Waals surface area contributed by atoms with Gasteiger partial charge in [-0.1, -0.05) is 36.8 Å². The van der Waals surface area contributed by atoms with Crippen LogP contribution in [0.5, 0.6) is 0 Å². The number of rotatable bonds is 2. The molecule has 1 aromatic rings. The van der Waals surface area contributed by atoms with Crippen molar-refractivity contribution in [1.82, 2.24) is 4.90 Å². The van der Waals surface area contributed by atoms with Gasteiger partial charge in [-0.25, -0.2) is 0 Å². The zero-order valence-electron chi connectivity index (χ0n) is 13.7. The van der Waals surface area contributed by atoms with Crippen LogP contribution < -0.4 is 5.73 Å². The second-order valence-electron chi connectivity index (χ2n) is 6.70. The third kappa shape index (κ3) is 4.25. The van der Waals surface area contributed by atoms with Gasteiger partial charge in [-0.15, -0.1) is 12.4 Å². The monoisotopic (exact) mass is 338 g/mol. The molecule has 1 aromatic carbocycles. The lowest BCUT2D eigenvalue weighted by Crippen LogP contribution is -2.51. The molecule has 23 heavy (non-hydrogen) atoms. The number of hydrogen-bond acceptors (Lipinski definition) is 3. The third-order valence-corrected chi connectivity index (χ3v) is 4.95. The molecule has 1 saturated carbocycles. The van der Waals surface area contributed by atoms with Gasteiger partial charge < -0.3 is 15.4 Å². The van der Waals surface area contributed by atoms with Crippen molar-refractivity contribution in [3.63, 3.8) is 0 Å². The number of halogens is 1. The predicted octanol–water partition coefficient (Wildman–Crippen LogP) is 2.91. The van der Waals surface area contributed by atoms with Crippen LogP contribution in [0.2, 0.25) is 0 Å². The lowest BCUT2D eigenvalue weighted by molar-refractivity contribution is -0.150. The van der Waals surface area contributed by atoms with Gasteiger partial charge in [-0.2, -0.15) is 0 Å². The first-order valence-corrected chi connectivity index (χ1v) is 8.37. The Morgan fingerprint density at radius 1 is 1.26 bits per heavy atom. The van der Waals surface area contributed by atoms with Crippen LogP contribution in [-0.4, -0.2) is 36.0 Å². The van der Waals surface area contributed by atoms with E-state index in [1.165, 1.54) is 0 Å². The van der Waals surface area contributed by atoms with E-state index in [1.807, 2.05) is 23.1 Å². The number of nitrogens with zero attached hydrogens (tertiary/aromatic N) is 1. The molecule has 0 aromatic heterocycles. The Balaban J connectivity index is 0.00000192. The van der Waals surface area contributed by atoms with Crippen LogP contribution >= 0.6 is 12.4 Å². The Hall–Kier alpha value is -1.10. The van der Waals surface area contributed by atoms with E-state index in [4.69, 9.17) is 10.5 Å². The molecule has 5 heteroatoms. The lowest BCUT2D eigenvalue weighted by atomic mass is 9.85. The van der Waals surface area contributed by atoms with Crippen LogP contribution in [0, 0.1) is 5.92 Å². The number of benzene rings is 1. The molecule has 1 aliphatic heterocycles. The maximum atomic E-state index is 12.9. The van der Waals surface area contributed by atoms with Gasteiger partial charge in [0.15, 0.2) is 0 Å². The average Bonchev–Trinajstić information content (AvgIpc) is 2.55. The molecule has 128 valence electrons. The molecule has 0 bridgehead atoms. The Kier molecular flexibility index (Phi) is 6.45. The van der Waals surface area contributed by atoms with Crippen molar-refractivity contribution < 1.29 is 9.53 Å². The topological polar surface area (TPSA) is 55.6 Å². The number of nitrogens with two attached hydrogens (primary N) is 1. The summed E-state index contributed by atoms with van der Waals surface area (Å²) in [6.07, 6.45) is 3.91. The second-order valence-corrected chi connectivity index (χ2v) is 6.70. The van der Waals surface area contributed by atoms with Crippen molar-refractivity contribution >= 4 is 18.3 Å². The highest BCUT2D eigenvalue weighted by Crippen LogP contribution is 2.30. The highest BCUT2D eigenvalue weighted by molar-refractivity contribution is 5.85. The molecule has 1 amide bonds. The lowest BCUT2D eigenvalue weighted by Gasteiger charge is -2.41. The molecular formula is C18H27ClN2O2. The van der Waals surface area contributed by atoms with Crippen LogP contribution in [-0.2, 0) is 9.53 Å². The second kappa shape index (κ2) is 8.13. The van der Waals surface area contributed by atoms with Crippen LogP contribution in [0.15, 0.2) is 30.3 Å². The van der Waals surface area contributed by atoms with Crippen molar-refractivity contribution in [2.45, 2.75) is 50.8 Å². The van der Waals surface area contributed by atoms with E-state index in [9.17, 15) is 4.79 Å². The number of hydrogen-bond donors (Lipinski definition) is 1. The fraction of sp³-hybridized carbons (Fsp3) is 0.611. The van der Waals surface area contributed by atoms with E-state index in [0.717, 1.165) is 31.2 Å². The quantitative estimate of drug-likeness (QED) is 0.902. The fourth-order valence-corrected chi connectivity index (χ4v) is 3.62. The molecule has 2 N–H and O–H groups in total. The minimum atomic E-state index is -0.0152. The van der Waals surface area contributed by atoms with Crippen molar-refractivity contribution in [3.8, 4) is 0 Å². The van der Waals surface area contributed by atoms with Gasteiger partial charge in [0.25, 0.3) is 0 Å². The molecule has 1 aliphatic carbocycles. The summed E-state index contributed by atoms with van der Waals surface area (Å²) >= 11 is 0. The highest BCUT2D eigenvalue weighted by Gasteiger charge is 2.35. The van der Waals surface area contributed by atoms with Gasteiger partial charge in [0.2, 0.25) is 5.91 Å². The molecular weight excluding hydrogens is 312 g/mol. The largest absolute Gasteiger partial charge is 0.370 e. The SMILES string of the molecule is CC1COC(c2ccccc2)CN1C(=O)C1CCCC(N)C1.Cl. The van der Waals surface area contributed by atoms with E-state index in [1.54, 1.807) is 0 Å². The number of morpholine rings is 1. The van der Waals surface area contributed by atoms with Crippen molar-refractivity contribution in [1.29, 1.82) is 0 Å². The molecule has 1 saturated heterocycles. The summed E-state index contributed by atoms with van der Waals surface area (Å²) in [7, 11) is 0. The van der Waals surface area contributed by atoms with Gasteiger partial charge in [0.05, 0.1) is 19.2 Å². The standard InChI is InChI=1S/C18H26N2O2.ClH/c1-13-12-22-17(14-6-3-2-4-7-14)11-20(13)18(21)15-8-5-9-16(19)10-15;/h2-4,6-7,13,15-17H,5,8-12,19H2,1H3;1H. The first-order valence-electron chi connectivity index (χ1n) is 8.37. The summed E-state index contributed by atoms with van der Waals surface area (Å²) in [5.41, 5.74) is 7.20. The maximum Gasteiger partial charge on any atom is 0.226 e. The van der Waals surface area contributed by atoms with Gasteiger partial charge in [-0.3, -0.25) is 4.79 Å². The number of ether oxygens (including phenoxy) is 1. The van der Waals surface area contributed by atoms with Gasteiger partial charge >= 0.3 is 0 Å². The summed E-state index contributed by atoms with van der Waals surface area (Å²) in [5, 5.41) is 0. The van der Waals surface area contributed by atoms with Gasteiger partial charge in [0.1, 0.15) is 6.10 Å². The van der Waals surface area contributed by atoms with Crippen LogP contribution in [0.4, 0.5) is 0 Å². The van der Waals surface area contributed by atoms with E-state index in [0.29, 0.717) is 13.2 Å². The normalized spacial score (nSPS) is 31.3. The first-order chi connectivity index (χ1) is 10.6. The molecule has 1 heterocycles. The minimum absolute atomic E-state index is 0. The van der Waals surface area contributed by atoms with E-state index < -0.39 is 0 Å². The zero-order chi connectivity index (χ0) is 15.5. The van der Waals surface area contributed by atoms with Gasteiger partial charge in [-0.05, 0) is 31.7 Å². The van der Waals surface area contributed by atoms with Crippen molar-refractivity contribution in [2.24, 2.45) is 11.7 Å². The molecule has 2 aliphatic rings. The Bertz CT molecular complexity index is 511. The summed E-state index contributed by atoms with van der Waals surface area (Å²) < 4.78 is 5.95. The molecule has 3 rings (SSSR count). The maximum absolute atomic E-state index is 12.9. The molecule has 4 nitrogen and oxygen atoms in total. The molecule has 0 radical (unpaired) electrons. The molecule has 0 spiro atoms. The molecule has 4 unspecified atom stereocenters. The summed E-state index contributed by atoms with van der Waals surface area (Å²) in [6.45, 7) is 3.32. The van der Waals surface area contributed by atoms with E-state index in [-0.39, 0.29) is 42.4 Å². The highest BCUT2D eigenvalue weighted by atomic mass is 35.5. The Morgan fingerprint density at radius 2 is 2.00 bits per heavy atom. The minimum Gasteiger partial charge on any atom is -0.370 e. The fourth-order valence-electron chi connectivity index (χ4n) is 3.62. The van der Waals surface area contributed by atoms with Crippen molar-refractivity contribution in [3.05, 3.63) is 35.9 Å². The number of amides is 1. The third-order valence-electron chi connectivity index (χ3n) is 4.95. The predicted molar refractivity (Wildman–Crippen MR) is 93.5 cm³/mol. The molecule has 4 atom stereocenters. The zero-order valence-corrected chi connectivity index (χ0v) is 14.5. The summed E-state index contributed by atoms with van der Waals surface area (Å²) in [4.78, 5) is 14.9. The number of carbonyl (C=O) groups excluding carboxylic acids is 1. The molecule has 2 fully saturated rings. The van der Waals surface area contributed by atoms with E-state index in [2.05, 4.69) is 19.1 Å². The van der Waals surface area contributed by atoms with Crippen LogP contribution in [0.3, 0.4) is 0 Å². The van der Waals surface area contributed by atoms with E-state index >= 15 is 0 Å². The van der Waals surface area contributed by atoms with Gasteiger partial charge in [0, 0.05) is 12.0 Å². The summed E-state index contributed by atoms with van der Waals surface area (Å²) in [6, 6.07) is 10.5. The summed E-state index contributed by atoms with van der Waals surface area (Å²) in [5.74, 6) is 0.368. The van der Waals surface area contributed by atoms with Crippen LogP contribution in [0.25, 0.3) is 0 Å². The Labute approximate surface area is 144 Å².